The molecule has 0 aromatic carbocycles. The molecule has 1 aliphatic rings. The molecule has 5 aromatic rings. The SMILES string of the molecule is Cc1cc(N)n2nc(-c3ccc(-c4cc5c(s4)c(=O)ncn5CC4CCC(C)CC4)cn3)cc2n1. The van der Waals surface area contributed by atoms with Crippen molar-refractivity contribution in [3.8, 4) is 21.8 Å². The Labute approximate surface area is 206 Å². The van der Waals surface area contributed by atoms with Gasteiger partial charge in [-0.3, -0.25) is 9.78 Å². The van der Waals surface area contributed by atoms with E-state index in [1.54, 1.807) is 16.9 Å². The molecule has 2 N–H and O–H groups in total. The summed E-state index contributed by atoms with van der Waals surface area (Å²) < 4.78 is 4.49. The molecule has 9 heteroatoms. The van der Waals surface area contributed by atoms with Crippen LogP contribution in [0.2, 0.25) is 0 Å². The lowest BCUT2D eigenvalue weighted by atomic mass is 9.83. The molecular weight excluding hydrogens is 458 g/mol. The molecule has 8 nitrogen and oxygen atoms in total. The van der Waals surface area contributed by atoms with Crippen molar-refractivity contribution in [3.63, 3.8) is 0 Å². The van der Waals surface area contributed by atoms with Crippen LogP contribution in [0.5, 0.6) is 0 Å². The molecule has 0 amide bonds. The van der Waals surface area contributed by atoms with Crippen LogP contribution in [0.25, 0.3) is 37.7 Å². The molecule has 1 aliphatic carbocycles. The Kier molecular flexibility index (Phi) is 5.36. The average molecular weight is 486 g/mol. The minimum Gasteiger partial charge on any atom is -0.384 e. The van der Waals surface area contributed by atoms with Crippen LogP contribution in [0.3, 0.4) is 0 Å². The molecule has 0 spiro atoms. The lowest BCUT2D eigenvalue weighted by Crippen LogP contribution is -2.19. The second-order valence-corrected chi connectivity index (χ2v) is 10.8. The van der Waals surface area contributed by atoms with Crippen molar-refractivity contribution >= 4 is 33.0 Å². The molecule has 1 fully saturated rings. The number of nitrogens with two attached hydrogens (primary N) is 1. The molecule has 1 saturated carbocycles. The van der Waals surface area contributed by atoms with Crippen molar-refractivity contribution in [3.05, 3.63) is 58.9 Å². The highest BCUT2D eigenvalue weighted by molar-refractivity contribution is 7.22. The van der Waals surface area contributed by atoms with E-state index >= 15 is 0 Å². The van der Waals surface area contributed by atoms with Gasteiger partial charge in [-0.05, 0) is 49.8 Å². The molecule has 0 aliphatic heterocycles. The van der Waals surface area contributed by atoms with Gasteiger partial charge >= 0.3 is 0 Å². The van der Waals surface area contributed by atoms with E-state index < -0.39 is 0 Å². The van der Waals surface area contributed by atoms with Crippen molar-refractivity contribution in [1.82, 2.24) is 29.1 Å². The Morgan fingerprint density at radius 2 is 1.91 bits per heavy atom. The summed E-state index contributed by atoms with van der Waals surface area (Å²) in [4.78, 5) is 26.8. The first-order valence-electron chi connectivity index (χ1n) is 12.0. The maximum Gasteiger partial charge on any atom is 0.290 e. The van der Waals surface area contributed by atoms with Crippen LogP contribution in [0, 0.1) is 18.8 Å². The molecular formula is C26H27N7OS. The molecule has 0 unspecified atom stereocenters. The number of fused-ring (bicyclic) bond motifs is 2. The predicted molar refractivity (Wildman–Crippen MR) is 139 cm³/mol. The number of anilines is 1. The lowest BCUT2D eigenvalue weighted by Gasteiger charge is -2.26. The smallest absolute Gasteiger partial charge is 0.290 e. The lowest BCUT2D eigenvalue weighted by molar-refractivity contribution is 0.266. The summed E-state index contributed by atoms with van der Waals surface area (Å²) in [5.41, 5.74) is 10.8. The summed E-state index contributed by atoms with van der Waals surface area (Å²) in [5.74, 6) is 2.00. The quantitative estimate of drug-likeness (QED) is 0.386. The van der Waals surface area contributed by atoms with Gasteiger partial charge in [0.15, 0.2) is 5.65 Å². The summed E-state index contributed by atoms with van der Waals surface area (Å²) in [6.45, 7) is 5.15. The van der Waals surface area contributed by atoms with E-state index in [1.165, 1.54) is 37.0 Å². The van der Waals surface area contributed by atoms with E-state index in [1.807, 2.05) is 31.3 Å². The molecule has 5 heterocycles. The Hall–Kier alpha value is -3.59. The third kappa shape index (κ3) is 4.10. The Bertz CT molecular complexity index is 1590. The topological polar surface area (TPSA) is 104 Å². The average Bonchev–Trinajstić information content (AvgIpc) is 3.48. The highest BCUT2D eigenvalue weighted by Crippen LogP contribution is 2.34. The Balaban J connectivity index is 1.31. The van der Waals surface area contributed by atoms with E-state index in [-0.39, 0.29) is 5.56 Å². The van der Waals surface area contributed by atoms with Gasteiger partial charge in [-0.15, -0.1) is 11.3 Å². The molecule has 0 saturated heterocycles. The summed E-state index contributed by atoms with van der Waals surface area (Å²) >= 11 is 1.48. The maximum absolute atomic E-state index is 12.5. The first-order valence-corrected chi connectivity index (χ1v) is 12.8. The first kappa shape index (κ1) is 21.9. The molecule has 0 bridgehead atoms. The van der Waals surface area contributed by atoms with Gasteiger partial charge in [-0.2, -0.15) is 14.6 Å². The van der Waals surface area contributed by atoms with Crippen molar-refractivity contribution < 1.29 is 0 Å². The van der Waals surface area contributed by atoms with Gasteiger partial charge in [-0.1, -0.05) is 19.8 Å². The minimum atomic E-state index is -0.167. The van der Waals surface area contributed by atoms with Crippen LogP contribution in [0.4, 0.5) is 5.82 Å². The highest BCUT2D eigenvalue weighted by Gasteiger charge is 2.20. The number of hydrogen-bond acceptors (Lipinski definition) is 7. The number of thiophene rings is 1. The van der Waals surface area contributed by atoms with Crippen LogP contribution in [0.1, 0.15) is 38.3 Å². The van der Waals surface area contributed by atoms with Crippen LogP contribution >= 0.6 is 11.3 Å². The van der Waals surface area contributed by atoms with Crippen molar-refractivity contribution in [2.24, 2.45) is 11.8 Å². The highest BCUT2D eigenvalue weighted by atomic mass is 32.1. The molecule has 6 rings (SSSR count). The third-order valence-corrected chi connectivity index (χ3v) is 8.18. The van der Waals surface area contributed by atoms with E-state index in [0.717, 1.165) is 39.8 Å². The van der Waals surface area contributed by atoms with Crippen LogP contribution in [-0.4, -0.2) is 29.1 Å². The number of aromatic nitrogens is 6. The summed E-state index contributed by atoms with van der Waals surface area (Å²) in [7, 11) is 0. The molecule has 0 radical (unpaired) electrons. The fraction of sp³-hybridized carbons (Fsp3) is 0.346. The zero-order valence-electron chi connectivity index (χ0n) is 19.8. The number of aryl methyl sites for hydroxylation is 1. The van der Waals surface area contributed by atoms with Gasteiger partial charge in [0.05, 0.1) is 17.5 Å². The van der Waals surface area contributed by atoms with Gasteiger partial charge in [0.1, 0.15) is 16.2 Å². The number of nitrogen functional groups attached to an aromatic ring is 1. The maximum atomic E-state index is 12.5. The summed E-state index contributed by atoms with van der Waals surface area (Å²) in [5, 5.41) is 4.56. The van der Waals surface area contributed by atoms with E-state index in [0.29, 0.717) is 27.8 Å². The number of hydrogen-bond donors (Lipinski definition) is 1. The Morgan fingerprint density at radius 3 is 2.69 bits per heavy atom. The summed E-state index contributed by atoms with van der Waals surface area (Å²) in [6, 6.07) is 9.74. The van der Waals surface area contributed by atoms with E-state index in [2.05, 4.69) is 37.6 Å². The Morgan fingerprint density at radius 1 is 1.09 bits per heavy atom. The normalized spacial score (nSPS) is 18.5. The fourth-order valence-corrected chi connectivity index (χ4v) is 6.06. The number of pyridine rings is 1. The zero-order chi connectivity index (χ0) is 24.1. The third-order valence-electron chi connectivity index (χ3n) is 7.01. The van der Waals surface area contributed by atoms with Crippen LogP contribution in [0.15, 0.2) is 47.7 Å². The predicted octanol–water partition coefficient (Wildman–Crippen LogP) is 4.95. The zero-order valence-corrected chi connectivity index (χ0v) is 20.6. The minimum absolute atomic E-state index is 0.167. The summed E-state index contributed by atoms with van der Waals surface area (Å²) in [6.07, 6.45) is 8.58. The first-order chi connectivity index (χ1) is 16.9. The van der Waals surface area contributed by atoms with Crippen LogP contribution < -0.4 is 11.3 Å². The molecule has 178 valence electrons. The largest absolute Gasteiger partial charge is 0.384 e. The second kappa shape index (κ2) is 8.57. The monoisotopic (exact) mass is 485 g/mol. The van der Waals surface area contributed by atoms with Gasteiger partial charge < -0.3 is 10.3 Å². The second-order valence-electron chi connectivity index (χ2n) is 9.71. The van der Waals surface area contributed by atoms with Gasteiger partial charge in [0, 0.05) is 41.0 Å². The van der Waals surface area contributed by atoms with E-state index in [4.69, 9.17) is 5.73 Å². The van der Waals surface area contributed by atoms with Crippen molar-refractivity contribution in [1.29, 1.82) is 0 Å². The van der Waals surface area contributed by atoms with Gasteiger partial charge in [0.2, 0.25) is 0 Å². The van der Waals surface area contributed by atoms with Gasteiger partial charge in [0.25, 0.3) is 5.56 Å². The van der Waals surface area contributed by atoms with E-state index in [9.17, 15) is 4.79 Å². The van der Waals surface area contributed by atoms with Gasteiger partial charge in [-0.25, -0.2) is 4.98 Å². The standard InChI is InChI=1S/C26H27N7OS/c1-15-3-5-17(6-4-15)13-32-14-29-26(34)25-21(32)11-22(35-25)18-7-8-19(28-12-18)20-10-24-30-16(2)9-23(27)33(24)31-20/h7-12,14-15,17H,3-6,13,27H2,1-2H3. The molecule has 5 aromatic heterocycles. The van der Waals surface area contributed by atoms with Crippen LogP contribution in [-0.2, 0) is 6.54 Å². The molecule has 0 atom stereocenters. The van der Waals surface area contributed by atoms with Crippen molar-refractivity contribution in [2.75, 3.05) is 5.73 Å². The fourth-order valence-electron chi connectivity index (χ4n) is 5.01. The van der Waals surface area contributed by atoms with Crippen molar-refractivity contribution in [2.45, 2.75) is 46.1 Å². The molecule has 35 heavy (non-hydrogen) atoms. The number of rotatable bonds is 4. The number of nitrogens with zero attached hydrogens (tertiary/aromatic N) is 6.